The van der Waals surface area contributed by atoms with Crippen LogP contribution >= 0.6 is 0 Å². The lowest BCUT2D eigenvalue weighted by Crippen LogP contribution is -2.34. The first-order chi connectivity index (χ1) is 9.38. The molecular weight excluding hydrogens is 262 g/mol. The van der Waals surface area contributed by atoms with E-state index < -0.39 is 11.9 Å². The topological polar surface area (TPSA) is 107 Å². The van der Waals surface area contributed by atoms with Gasteiger partial charge in [-0.3, -0.25) is 14.7 Å². The van der Waals surface area contributed by atoms with Crippen molar-refractivity contribution in [1.29, 1.82) is 0 Å². The van der Waals surface area contributed by atoms with Crippen molar-refractivity contribution in [3.05, 3.63) is 23.4 Å². The molecule has 0 aliphatic rings. The van der Waals surface area contributed by atoms with E-state index >= 15 is 0 Å². The highest BCUT2D eigenvalue weighted by Gasteiger charge is 2.17. The molecule has 1 heterocycles. The zero-order valence-electron chi connectivity index (χ0n) is 11.2. The van der Waals surface area contributed by atoms with Crippen LogP contribution in [0.3, 0.4) is 0 Å². The van der Waals surface area contributed by atoms with Crippen molar-refractivity contribution in [3.63, 3.8) is 0 Å². The number of aliphatic carboxylic acids is 2. The van der Waals surface area contributed by atoms with Gasteiger partial charge in [-0.1, -0.05) is 0 Å². The van der Waals surface area contributed by atoms with E-state index in [0.29, 0.717) is 11.2 Å². The highest BCUT2D eigenvalue weighted by atomic mass is 16.4. The zero-order valence-corrected chi connectivity index (χ0v) is 11.2. The molecule has 0 radical (unpaired) electrons. The number of anilines is 1. The molecule has 0 saturated carbocycles. The molecule has 0 saturated heterocycles. The van der Waals surface area contributed by atoms with Crippen LogP contribution in [-0.4, -0.2) is 45.4 Å². The number of nitrogens with zero attached hydrogens (tertiary/aromatic N) is 2. The Kier molecular flexibility index (Phi) is 3.60. The van der Waals surface area contributed by atoms with Gasteiger partial charge in [0.05, 0.1) is 5.52 Å². The van der Waals surface area contributed by atoms with Crippen LogP contribution in [0.2, 0.25) is 0 Å². The second kappa shape index (κ2) is 5.20. The standard InChI is InChI=1S/C13H15N3O4/c1-7-3-9-8(2)14-15-10(9)4-11(7)16(5-12(17)18)6-13(19)20/h3-4H,5-6H2,1-2H3,(H,14,15)(H,17,18)(H,19,20). The molecule has 1 aromatic carbocycles. The molecule has 20 heavy (non-hydrogen) atoms. The van der Waals surface area contributed by atoms with Gasteiger partial charge in [-0.25, -0.2) is 0 Å². The van der Waals surface area contributed by atoms with Crippen LogP contribution in [0.5, 0.6) is 0 Å². The first kappa shape index (κ1) is 13.9. The number of carboxylic acids is 2. The Morgan fingerprint density at radius 3 is 2.35 bits per heavy atom. The van der Waals surface area contributed by atoms with Crippen molar-refractivity contribution >= 4 is 28.5 Å². The number of aryl methyl sites for hydroxylation is 2. The average molecular weight is 277 g/mol. The van der Waals surface area contributed by atoms with Gasteiger partial charge in [0, 0.05) is 16.8 Å². The summed E-state index contributed by atoms with van der Waals surface area (Å²) < 4.78 is 0. The van der Waals surface area contributed by atoms with Crippen molar-refractivity contribution < 1.29 is 19.8 Å². The summed E-state index contributed by atoms with van der Waals surface area (Å²) in [7, 11) is 0. The Morgan fingerprint density at radius 2 is 1.80 bits per heavy atom. The molecule has 0 spiro atoms. The fraction of sp³-hybridized carbons (Fsp3) is 0.308. The third-order valence-electron chi connectivity index (χ3n) is 3.06. The Morgan fingerprint density at radius 1 is 1.20 bits per heavy atom. The number of rotatable bonds is 5. The summed E-state index contributed by atoms with van der Waals surface area (Å²) in [6.45, 7) is 2.96. The normalized spacial score (nSPS) is 10.7. The number of H-pyrrole nitrogens is 1. The minimum absolute atomic E-state index is 0.373. The summed E-state index contributed by atoms with van der Waals surface area (Å²) in [5.41, 5.74) is 2.97. The van der Waals surface area contributed by atoms with Gasteiger partial charge >= 0.3 is 11.9 Å². The Hall–Kier alpha value is -2.57. The van der Waals surface area contributed by atoms with Crippen LogP contribution in [0, 0.1) is 13.8 Å². The highest BCUT2D eigenvalue weighted by Crippen LogP contribution is 2.27. The largest absolute Gasteiger partial charge is 0.480 e. The SMILES string of the molecule is Cc1cc2c(C)[nH]nc2cc1N(CC(=O)O)CC(=O)O. The van der Waals surface area contributed by atoms with Gasteiger partial charge in [-0.15, -0.1) is 0 Å². The molecule has 0 bridgehead atoms. The Balaban J connectivity index is 2.48. The number of carbonyl (C=O) groups is 2. The third kappa shape index (κ3) is 2.71. The molecule has 0 amide bonds. The molecule has 0 unspecified atom stereocenters. The van der Waals surface area contributed by atoms with Gasteiger partial charge in [0.1, 0.15) is 13.1 Å². The monoisotopic (exact) mass is 277 g/mol. The Bertz CT molecular complexity index is 662. The fourth-order valence-electron chi connectivity index (χ4n) is 2.18. The molecule has 0 fully saturated rings. The highest BCUT2D eigenvalue weighted by molar-refractivity contribution is 5.88. The van der Waals surface area contributed by atoms with Crippen LogP contribution in [0.4, 0.5) is 5.69 Å². The second-order valence-electron chi connectivity index (χ2n) is 4.65. The average Bonchev–Trinajstić information content (AvgIpc) is 2.68. The molecule has 2 rings (SSSR count). The van der Waals surface area contributed by atoms with Crippen molar-refractivity contribution in [2.75, 3.05) is 18.0 Å². The predicted octanol–water partition coefficient (Wildman–Crippen LogP) is 1.16. The fourth-order valence-corrected chi connectivity index (χ4v) is 2.18. The number of carboxylic acid groups (broad SMARTS) is 2. The number of benzene rings is 1. The Labute approximate surface area is 114 Å². The first-order valence-electron chi connectivity index (χ1n) is 6.02. The minimum Gasteiger partial charge on any atom is -0.480 e. The van der Waals surface area contributed by atoms with E-state index in [-0.39, 0.29) is 13.1 Å². The molecule has 0 aliphatic heterocycles. The van der Waals surface area contributed by atoms with Crippen LogP contribution in [0.1, 0.15) is 11.3 Å². The van der Waals surface area contributed by atoms with E-state index in [0.717, 1.165) is 16.6 Å². The third-order valence-corrected chi connectivity index (χ3v) is 3.06. The summed E-state index contributed by atoms with van der Waals surface area (Å²) >= 11 is 0. The maximum atomic E-state index is 10.9. The van der Waals surface area contributed by atoms with E-state index in [4.69, 9.17) is 10.2 Å². The number of hydrogen-bond donors (Lipinski definition) is 3. The number of fused-ring (bicyclic) bond motifs is 1. The van der Waals surface area contributed by atoms with Gasteiger partial charge in [-0.2, -0.15) is 5.10 Å². The molecule has 2 aromatic rings. The summed E-state index contributed by atoms with van der Waals surface area (Å²) in [5, 5.41) is 25.7. The predicted molar refractivity (Wildman–Crippen MR) is 73.1 cm³/mol. The van der Waals surface area contributed by atoms with Crippen LogP contribution in [0.15, 0.2) is 12.1 Å². The first-order valence-corrected chi connectivity index (χ1v) is 6.02. The van der Waals surface area contributed by atoms with Gasteiger partial charge in [0.15, 0.2) is 0 Å². The molecular formula is C13H15N3O4. The lowest BCUT2D eigenvalue weighted by Gasteiger charge is -2.22. The van der Waals surface area contributed by atoms with Crippen molar-refractivity contribution in [2.24, 2.45) is 0 Å². The maximum Gasteiger partial charge on any atom is 0.323 e. The van der Waals surface area contributed by atoms with Gasteiger partial charge in [0.25, 0.3) is 0 Å². The number of nitrogens with one attached hydrogen (secondary N) is 1. The number of hydrogen-bond acceptors (Lipinski definition) is 4. The van der Waals surface area contributed by atoms with Gasteiger partial charge in [0.2, 0.25) is 0 Å². The molecule has 106 valence electrons. The lowest BCUT2D eigenvalue weighted by molar-refractivity contribution is -0.136. The van der Waals surface area contributed by atoms with E-state index in [1.165, 1.54) is 4.90 Å². The van der Waals surface area contributed by atoms with Crippen molar-refractivity contribution in [3.8, 4) is 0 Å². The summed E-state index contributed by atoms with van der Waals surface area (Å²) in [4.78, 5) is 23.1. The quantitative estimate of drug-likeness (QED) is 0.757. The van der Waals surface area contributed by atoms with E-state index in [1.807, 2.05) is 19.9 Å². The number of aromatic amines is 1. The molecule has 0 atom stereocenters. The molecule has 1 aromatic heterocycles. The second-order valence-corrected chi connectivity index (χ2v) is 4.65. The number of aromatic nitrogens is 2. The summed E-state index contributed by atoms with van der Waals surface area (Å²) in [5.74, 6) is -2.16. The van der Waals surface area contributed by atoms with Crippen LogP contribution < -0.4 is 4.90 Å². The van der Waals surface area contributed by atoms with Crippen LogP contribution in [0.25, 0.3) is 10.9 Å². The van der Waals surface area contributed by atoms with E-state index in [2.05, 4.69) is 10.2 Å². The van der Waals surface area contributed by atoms with Crippen LogP contribution in [-0.2, 0) is 9.59 Å². The molecule has 3 N–H and O–H groups in total. The van der Waals surface area contributed by atoms with E-state index in [9.17, 15) is 9.59 Å². The van der Waals surface area contributed by atoms with E-state index in [1.54, 1.807) is 6.07 Å². The molecule has 7 heteroatoms. The lowest BCUT2D eigenvalue weighted by atomic mass is 10.1. The maximum absolute atomic E-state index is 10.9. The molecule has 7 nitrogen and oxygen atoms in total. The summed E-state index contributed by atoms with van der Waals surface area (Å²) in [6.07, 6.45) is 0. The van der Waals surface area contributed by atoms with Gasteiger partial charge < -0.3 is 15.1 Å². The van der Waals surface area contributed by atoms with Crippen molar-refractivity contribution in [2.45, 2.75) is 13.8 Å². The van der Waals surface area contributed by atoms with Gasteiger partial charge in [-0.05, 0) is 31.5 Å². The zero-order chi connectivity index (χ0) is 14.9. The summed E-state index contributed by atoms with van der Waals surface area (Å²) in [6, 6.07) is 3.58. The van der Waals surface area contributed by atoms with Crippen molar-refractivity contribution in [1.82, 2.24) is 10.2 Å². The minimum atomic E-state index is -1.08. The molecule has 0 aliphatic carbocycles. The smallest absolute Gasteiger partial charge is 0.323 e.